The summed E-state index contributed by atoms with van der Waals surface area (Å²) in [5.41, 5.74) is 4.35. The molecule has 0 spiro atoms. The molecular weight excluding hydrogens is 1130 g/mol. The summed E-state index contributed by atoms with van der Waals surface area (Å²) in [5.74, 6) is -0.0451. The number of aliphatic hydroxyl groups excluding tert-OH is 5. The van der Waals surface area contributed by atoms with Gasteiger partial charge in [-0.05, 0) is 110 Å². The van der Waals surface area contributed by atoms with E-state index in [0.29, 0.717) is 30.1 Å². The maximum Gasteiger partial charge on any atom is 0.481 e. The topological polar surface area (TPSA) is 424 Å². The van der Waals surface area contributed by atoms with Gasteiger partial charge in [0.15, 0.2) is 22.8 Å². The Kier molecular flexibility index (Phi) is 20.5. The van der Waals surface area contributed by atoms with Crippen LogP contribution in [0, 0.1) is 57.2 Å². The van der Waals surface area contributed by atoms with Gasteiger partial charge in [-0.2, -0.15) is 4.31 Å². The zero-order chi connectivity index (χ0) is 59.1. The molecule has 2 aromatic rings. The number of hydrogen-bond acceptors (Lipinski definition) is 21. The molecule has 13 N–H and O–H groups in total. The van der Waals surface area contributed by atoms with Crippen molar-refractivity contribution in [1.82, 2.24) is 30.2 Å². The summed E-state index contributed by atoms with van der Waals surface area (Å²) in [4.78, 5) is 90.0. The highest BCUT2D eigenvalue weighted by molar-refractivity contribution is 8.13. The van der Waals surface area contributed by atoms with E-state index in [-0.39, 0.29) is 81.7 Å². The largest absolute Gasteiger partial charge is 0.481 e. The van der Waals surface area contributed by atoms with Gasteiger partial charge in [0.05, 0.1) is 43.8 Å². The molecule has 1 saturated heterocycles. The second kappa shape index (κ2) is 25.2. The minimum absolute atomic E-state index is 0.0234. The molecule has 4 aliphatic carbocycles. The number of thioether (sulfide) groups is 1. The van der Waals surface area contributed by atoms with Crippen molar-refractivity contribution in [3.05, 3.63) is 12.7 Å². The number of fused-ring (bicyclic) bond motifs is 6. The summed E-state index contributed by atoms with van der Waals surface area (Å²) in [5, 5.41) is 60.1. The Morgan fingerprint density at radius 3 is 2.31 bits per heavy atom. The Balaban J connectivity index is 0.776. The molecule has 0 radical (unpaired) electrons. The van der Waals surface area contributed by atoms with Gasteiger partial charge in [0.1, 0.15) is 36.3 Å². The zero-order valence-corrected chi connectivity index (χ0v) is 49.7. The Labute approximate surface area is 469 Å². The van der Waals surface area contributed by atoms with Gasteiger partial charge >= 0.3 is 23.5 Å². The first-order valence-electron chi connectivity index (χ1n) is 27.2. The number of carbonyl (C=O) groups excluding carboxylic acids is 3. The molecule has 2 amide bonds. The lowest BCUT2D eigenvalue weighted by atomic mass is 9.39. The van der Waals surface area contributed by atoms with Crippen molar-refractivity contribution in [2.75, 3.05) is 37.8 Å². The first-order chi connectivity index (χ1) is 37.1. The van der Waals surface area contributed by atoms with E-state index in [1.54, 1.807) is 6.92 Å². The number of phosphoric acid groups is 3. The second-order valence-corrected chi connectivity index (χ2v) is 29.6. The predicted molar refractivity (Wildman–Crippen MR) is 288 cm³/mol. The number of aliphatic hydroxyl groups is 5. The zero-order valence-electron chi connectivity index (χ0n) is 46.2. The van der Waals surface area contributed by atoms with Crippen LogP contribution in [0.5, 0.6) is 0 Å². The summed E-state index contributed by atoms with van der Waals surface area (Å²) in [6, 6.07) is 0. The molecule has 27 nitrogen and oxygen atoms in total. The van der Waals surface area contributed by atoms with Crippen LogP contribution in [0.2, 0.25) is 0 Å². The number of imidazole rings is 1. The molecule has 5 fully saturated rings. The minimum Gasteiger partial charge on any atom is -0.393 e. The molecule has 4 saturated carbocycles. The lowest BCUT2D eigenvalue weighted by Crippen LogP contribution is -2.62. The Morgan fingerprint density at radius 1 is 0.912 bits per heavy atom. The molecular formula is C49H82N7O20P3S. The average Bonchev–Trinajstić information content (AvgIpc) is 3.29. The van der Waals surface area contributed by atoms with Gasteiger partial charge in [-0.15, -0.1) is 0 Å². The van der Waals surface area contributed by atoms with Crippen LogP contribution in [0.25, 0.3) is 11.2 Å². The van der Waals surface area contributed by atoms with Crippen LogP contribution in [0.4, 0.5) is 5.82 Å². The average molecular weight is 1210 g/mol. The molecule has 0 aromatic carbocycles. The number of aromatic nitrogens is 4. The van der Waals surface area contributed by atoms with Crippen molar-refractivity contribution in [3.8, 4) is 0 Å². The normalized spacial score (nSPS) is 34.7. The maximum atomic E-state index is 13.1. The fraction of sp³-hybridized carbons (Fsp3) is 0.837. The number of anilines is 1. The Bertz CT molecular complexity index is 2690. The van der Waals surface area contributed by atoms with Crippen molar-refractivity contribution in [2.45, 2.75) is 168 Å². The van der Waals surface area contributed by atoms with E-state index in [2.05, 4.69) is 62.1 Å². The Hall–Kier alpha value is -2.56. The van der Waals surface area contributed by atoms with Crippen molar-refractivity contribution >= 4 is 69.1 Å². The molecule has 1 aliphatic heterocycles. The van der Waals surface area contributed by atoms with Crippen molar-refractivity contribution in [3.63, 3.8) is 0 Å². The standard InChI is InChI=1S/C49H82N7O20P3S/c1-26(29-9-10-30-36-31(13-15-48(29,30)6)49(7)16-12-28(57)20-47(49,5)21-33(36)59)8-11-32(58)27(2)45(64)80-19-18-51-35(60)14-17-52-43(63)40(62)46(3,4)23-73-79(70,71)76-78(68,69)72-22-34-39(75-77(65,66)67)38(61)44(74-34)56-25-55-37-41(50)53-24-54-42(37)56/h24-34,36,38-40,44,57-59,61-62H,8-23H2,1-7H3,(H,51,60)(H,52,63)(H,68,69)(H,70,71)(H2,50,53,54)(H2,65,66,67)/t26-,27?,28-,29-,30+,31+,32?,33-,34-,36+,38-,39-,40+,44-,47+,48-,49-/m1/s1. The number of ether oxygens (including phenoxy) is 1. The summed E-state index contributed by atoms with van der Waals surface area (Å²) in [6.45, 7) is 11.4. The fourth-order valence-corrected chi connectivity index (χ4v) is 17.7. The van der Waals surface area contributed by atoms with Crippen molar-refractivity contribution < 1.29 is 95.8 Å². The number of hydrogen-bond donors (Lipinski definition) is 12. The van der Waals surface area contributed by atoms with Crippen molar-refractivity contribution in [1.29, 1.82) is 0 Å². The van der Waals surface area contributed by atoms with Gasteiger partial charge in [0.2, 0.25) is 11.8 Å². The number of amides is 2. The number of nitrogen functional groups attached to an aromatic ring is 1. The quantitative estimate of drug-likeness (QED) is 0.0500. The Morgan fingerprint density at radius 2 is 1.61 bits per heavy atom. The van der Waals surface area contributed by atoms with Gasteiger partial charge in [-0.1, -0.05) is 60.2 Å². The highest BCUT2D eigenvalue weighted by Gasteiger charge is 2.66. The molecule has 7 rings (SSSR count). The van der Waals surface area contributed by atoms with Crippen molar-refractivity contribution in [2.24, 2.45) is 57.2 Å². The lowest BCUT2D eigenvalue weighted by Gasteiger charge is -2.66. The van der Waals surface area contributed by atoms with Crippen LogP contribution in [0.3, 0.4) is 0 Å². The van der Waals surface area contributed by atoms with Crippen LogP contribution in [-0.2, 0) is 50.7 Å². The van der Waals surface area contributed by atoms with Crippen LogP contribution in [-0.4, -0.2) is 156 Å². The molecule has 80 heavy (non-hydrogen) atoms. The monoisotopic (exact) mass is 1210 g/mol. The highest BCUT2D eigenvalue weighted by Crippen LogP contribution is 2.71. The smallest absolute Gasteiger partial charge is 0.393 e. The van der Waals surface area contributed by atoms with Gasteiger partial charge in [-0.3, -0.25) is 32.5 Å². The van der Waals surface area contributed by atoms with Crippen LogP contribution in [0.15, 0.2) is 12.7 Å². The minimum atomic E-state index is -5.61. The number of carbonyl (C=O) groups is 3. The van der Waals surface area contributed by atoms with E-state index in [9.17, 15) is 73.2 Å². The summed E-state index contributed by atoms with van der Waals surface area (Å²) in [7, 11) is -16.5. The maximum absolute atomic E-state index is 13.1. The highest BCUT2D eigenvalue weighted by atomic mass is 32.2. The summed E-state index contributed by atoms with van der Waals surface area (Å²) < 4.78 is 62.8. The van der Waals surface area contributed by atoms with E-state index in [1.165, 1.54) is 13.8 Å². The first kappa shape index (κ1) is 65.0. The fourth-order valence-electron chi connectivity index (χ4n) is 14.1. The van der Waals surface area contributed by atoms with E-state index >= 15 is 0 Å². The van der Waals surface area contributed by atoms with Crippen LogP contribution in [0.1, 0.15) is 125 Å². The van der Waals surface area contributed by atoms with E-state index < -0.39 is 96.6 Å². The molecule has 3 heterocycles. The van der Waals surface area contributed by atoms with E-state index in [0.717, 1.165) is 86.8 Å². The number of nitrogens with two attached hydrogens (primary N) is 1. The predicted octanol–water partition coefficient (Wildman–Crippen LogP) is 3.46. The third-order valence-electron chi connectivity index (χ3n) is 18.7. The number of nitrogens with zero attached hydrogens (tertiary/aromatic N) is 4. The van der Waals surface area contributed by atoms with Gasteiger partial charge in [0.25, 0.3) is 0 Å². The molecule has 0 bridgehead atoms. The molecule has 19 atom stereocenters. The SMILES string of the molecule is CC(C(=O)SCCNC(=O)CCNC(=O)[C@H](O)C(C)(C)COP(=O)(O)OP(=O)(O)OC[C@H]1O[C@@H](n2cnc3c(N)ncnc32)[C@H](O)[C@@H]1OP(=O)(O)O)C(O)CC[C@@H](C)[C@H]1CC[C@H]2[C@@H]3[C@H](O)C[C@]4(C)C[C@H](O)CC[C@]4(C)[C@H]3CC[C@]12C. The molecule has 5 aliphatic rings. The molecule has 4 unspecified atom stereocenters. The van der Waals surface area contributed by atoms with Crippen LogP contribution < -0.4 is 16.4 Å². The molecule has 454 valence electrons. The second-order valence-electron chi connectivity index (χ2n) is 24.3. The summed E-state index contributed by atoms with van der Waals surface area (Å²) >= 11 is 1.00. The van der Waals surface area contributed by atoms with Gasteiger partial charge in [-0.25, -0.2) is 28.6 Å². The molecule has 2 aromatic heterocycles. The van der Waals surface area contributed by atoms with E-state index in [1.807, 2.05) is 0 Å². The van der Waals surface area contributed by atoms with Gasteiger partial charge in [0, 0.05) is 30.7 Å². The third-order valence-corrected chi connectivity index (χ3v) is 22.9. The van der Waals surface area contributed by atoms with Crippen LogP contribution >= 0.6 is 35.2 Å². The lowest BCUT2D eigenvalue weighted by molar-refractivity contribution is -0.210. The molecule has 31 heteroatoms. The van der Waals surface area contributed by atoms with E-state index in [4.69, 9.17) is 19.5 Å². The number of phosphoric ester groups is 3. The number of nitrogens with one attached hydrogen (secondary N) is 2. The van der Waals surface area contributed by atoms with Gasteiger partial charge < -0.3 is 66.2 Å². The number of rotatable bonds is 25. The first-order valence-corrected chi connectivity index (χ1v) is 32.7. The third kappa shape index (κ3) is 14.4. The summed E-state index contributed by atoms with van der Waals surface area (Å²) in [6.07, 6.45) is 0.306.